The lowest BCUT2D eigenvalue weighted by Crippen LogP contribution is -2.48. The van der Waals surface area contributed by atoms with Crippen molar-refractivity contribution in [2.75, 3.05) is 144 Å². The zero-order chi connectivity index (χ0) is 55.1. The van der Waals surface area contributed by atoms with Gasteiger partial charge in [-0.05, 0) is 60.9 Å². The smallest absolute Gasteiger partial charge is 0.355 e. The summed E-state index contributed by atoms with van der Waals surface area (Å²) in [5.41, 5.74) is 2.21. The van der Waals surface area contributed by atoms with Crippen LogP contribution < -0.4 is 16.2 Å². The third kappa shape index (κ3) is 20.5. The second-order valence-corrected chi connectivity index (χ2v) is 19.1. The lowest BCUT2D eigenvalue weighted by atomic mass is 9.85. The predicted octanol–water partition coefficient (Wildman–Crippen LogP) is 3.12. The Bertz CT molecular complexity index is 2570. The molecule has 0 radical (unpaired) electrons. The Hall–Kier alpha value is -5.73. The number of aryl methyl sites for hydroxylation is 1. The number of fused-ring (bicyclic) bond motifs is 5. The van der Waals surface area contributed by atoms with Crippen molar-refractivity contribution in [1.29, 1.82) is 0 Å². The quantitative estimate of drug-likeness (QED) is 0.0420. The Labute approximate surface area is 458 Å². The minimum atomic E-state index is -1.90. The van der Waals surface area contributed by atoms with E-state index in [0.29, 0.717) is 123 Å². The van der Waals surface area contributed by atoms with E-state index >= 15 is 0 Å². The van der Waals surface area contributed by atoms with Crippen LogP contribution in [0, 0.1) is 0 Å². The van der Waals surface area contributed by atoms with Crippen molar-refractivity contribution in [3.63, 3.8) is 0 Å². The number of benzene rings is 1. The summed E-state index contributed by atoms with van der Waals surface area (Å²) in [6.07, 6.45) is 6.42. The Morgan fingerprint density at radius 2 is 1.28 bits per heavy atom. The summed E-state index contributed by atoms with van der Waals surface area (Å²) in [7, 11) is 0. The minimum Gasteiger partial charge on any atom is -0.457 e. The van der Waals surface area contributed by atoms with Gasteiger partial charge in [-0.1, -0.05) is 25.1 Å². The maximum atomic E-state index is 13.8. The van der Waals surface area contributed by atoms with Gasteiger partial charge in [0.25, 0.3) is 5.56 Å². The van der Waals surface area contributed by atoms with Crippen molar-refractivity contribution in [1.82, 2.24) is 25.2 Å². The van der Waals surface area contributed by atoms with Crippen LogP contribution in [0.15, 0.2) is 65.7 Å². The zero-order valence-corrected chi connectivity index (χ0v) is 45.3. The van der Waals surface area contributed by atoms with Crippen molar-refractivity contribution in [2.45, 2.75) is 57.8 Å². The van der Waals surface area contributed by atoms with Gasteiger partial charge < -0.3 is 67.3 Å². The van der Waals surface area contributed by atoms with Gasteiger partial charge in [-0.3, -0.25) is 29.0 Å². The standard InChI is InChI=1S/C55H73N5O17S/c1-2-55(46-35-48-52-43(34-42-6-3-4-8-47(42)59-52)37-60(48)53(65)45(46)38-76-54(55)66)77-51(64)36-58-50(63)40-75-31-29-73-26-24-70-21-19-68-17-15-57-49(62)39-74-30-28-72-27-25-71-23-22-69-20-18-67-16-5-7-44(61)12-33-78-32-11-41-9-13-56-14-10-41/h3-4,6,8-10,13-14,34-35H,2,5,7,11-12,15-33,36-40H2,1H3,(H,57,62)(H,58,63)/t55-/m0/s1. The maximum absolute atomic E-state index is 13.8. The van der Waals surface area contributed by atoms with Crippen molar-refractivity contribution < 1.29 is 76.1 Å². The summed E-state index contributed by atoms with van der Waals surface area (Å²) in [4.78, 5) is 85.5. The molecule has 0 aliphatic carbocycles. The van der Waals surface area contributed by atoms with Crippen LogP contribution in [0.3, 0.4) is 0 Å². The van der Waals surface area contributed by atoms with Crippen LogP contribution in [0.4, 0.5) is 0 Å². The van der Waals surface area contributed by atoms with E-state index in [1.165, 1.54) is 5.56 Å². The van der Waals surface area contributed by atoms with Gasteiger partial charge in [-0.15, -0.1) is 0 Å². The van der Waals surface area contributed by atoms with E-state index in [9.17, 15) is 28.8 Å². The molecule has 0 bridgehead atoms. The number of aromatic nitrogens is 3. The number of nitrogens with zero attached hydrogens (tertiary/aromatic N) is 3. The van der Waals surface area contributed by atoms with Crippen LogP contribution in [0.2, 0.25) is 0 Å². The van der Waals surface area contributed by atoms with Crippen LogP contribution in [0.1, 0.15) is 54.9 Å². The summed E-state index contributed by atoms with van der Waals surface area (Å²) in [5, 5.41) is 6.09. The number of ketones is 1. The molecule has 5 heterocycles. The molecule has 0 saturated carbocycles. The molecule has 1 atom stereocenters. The fourth-order valence-electron chi connectivity index (χ4n) is 8.24. The second kappa shape index (κ2) is 35.0. The number of carbonyl (C=O) groups is 5. The number of carbonyl (C=O) groups excluding carboxylic acids is 5. The van der Waals surface area contributed by atoms with Crippen molar-refractivity contribution >= 4 is 52.2 Å². The molecular formula is C55H73N5O17S. The number of Topliss-reactive ketones (excluding diaryl/α,β-unsaturated/α-hetero) is 1. The molecule has 22 nitrogen and oxygen atoms in total. The largest absolute Gasteiger partial charge is 0.457 e. The molecule has 78 heavy (non-hydrogen) atoms. The molecule has 0 unspecified atom stereocenters. The molecule has 426 valence electrons. The van der Waals surface area contributed by atoms with E-state index in [2.05, 4.69) is 15.6 Å². The van der Waals surface area contributed by atoms with Gasteiger partial charge in [-0.2, -0.15) is 11.8 Å². The number of esters is 2. The molecule has 2 aliphatic heterocycles. The first-order valence-corrected chi connectivity index (χ1v) is 27.6. The third-order valence-corrected chi connectivity index (χ3v) is 13.3. The number of nitrogens with one attached hydrogen (secondary N) is 2. The lowest BCUT2D eigenvalue weighted by Gasteiger charge is -2.35. The first-order valence-electron chi connectivity index (χ1n) is 26.4. The van der Waals surface area contributed by atoms with Crippen LogP contribution in [-0.2, 0) is 101 Å². The number of pyridine rings is 3. The van der Waals surface area contributed by atoms with Gasteiger partial charge in [0.05, 0.1) is 128 Å². The third-order valence-electron chi connectivity index (χ3n) is 12.3. The number of thioether (sulfide) groups is 1. The second-order valence-electron chi connectivity index (χ2n) is 17.9. The topological polar surface area (TPSA) is 259 Å². The average Bonchev–Trinajstić information content (AvgIpc) is 3.87. The Balaban J connectivity index is 0.661. The van der Waals surface area contributed by atoms with Gasteiger partial charge in [0.1, 0.15) is 32.1 Å². The molecule has 0 saturated heterocycles. The Morgan fingerprint density at radius 1 is 0.692 bits per heavy atom. The van der Waals surface area contributed by atoms with Crippen LogP contribution in [0.5, 0.6) is 0 Å². The number of hydrogen-bond donors (Lipinski definition) is 2. The highest BCUT2D eigenvalue weighted by Gasteiger charge is 2.50. The summed E-state index contributed by atoms with van der Waals surface area (Å²) in [5.74, 6) is -0.435. The molecular weight excluding hydrogens is 1030 g/mol. The summed E-state index contributed by atoms with van der Waals surface area (Å²) in [6, 6.07) is 15.3. The average molecular weight is 1110 g/mol. The normalized spacial score (nSPS) is 14.4. The predicted molar refractivity (Wildman–Crippen MR) is 286 cm³/mol. The Kier molecular flexibility index (Phi) is 27.6. The molecule has 2 aliphatic rings. The van der Waals surface area contributed by atoms with Gasteiger partial charge in [0, 0.05) is 60.7 Å². The van der Waals surface area contributed by atoms with E-state index in [-0.39, 0.29) is 81.0 Å². The van der Waals surface area contributed by atoms with Gasteiger partial charge in [-0.25, -0.2) is 9.78 Å². The minimum absolute atomic E-state index is 0.0147. The summed E-state index contributed by atoms with van der Waals surface area (Å²) >= 11 is 1.80. The summed E-state index contributed by atoms with van der Waals surface area (Å²) in [6.45, 7) is 6.58. The SMILES string of the molecule is CC[C@@]1(OC(=O)CNC(=O)COCCOCCOCCOCCNC(=O)COCCOCCOCCOCCOCCCC(=O)CCSCCc2ccncc2)C(=O)OCc2c1cc1n(c2=O)Cc2cc3ccccc3nc2-1. The van der Waals surface area contributed by atoms with E-state index < -0.39 is 30.0 Å². The Morgan fingerprint density at radius 3 is 1.92 bits per heavy atom. The molecule has 0 fully saturated rings. The highest BCUT2D eigenvalue weighted by molar-refractivity contribution is 7.99. The molecule has 6 rings (SSSR count). The molecule has 4 aromatic rings. The van der Waals surface area contributed by atoms with Gasteiger partial charge in [0.2, 0.25) is 17.4 Å². The van der Waals surface area contributed by atoms with Gasteiger partial charge >= 0.3 is 11.9 Å². The van der Waals surface area contributed by atoms with E-state index in [4.69, 9.17) is 57.1 Å². The highest BCUT2D eigenvalue weighted by atomic mass is 32.2. The number of ether oxygens (including phenoxy) is 11. The number of amides is 2. The van der Waals surface area contributed by atoms with Gasteiger partial charge in [0.15, 0.2) is 0 Å². The van der Waals surface area contributed by atoms with E-state index in [1.54, 1.807) is 41.7 Å². The number of hydrogen-bond acceptors (Lipinski definition) is 20. The first-order chi connectivity index (χ1) is 38.2. The van der Waals surface area contributed by atoms with E-state index in [1.807, 2.05) is 42.5 Å². The number of para-hydroxylation sites is 1. The van der Waals surface area contributed by atoms with Crippen LogP contribution in [-0.4, -0.2) is 188 Å². The maximum Gasteiger partial charge on any atom is 0.355 e. The van der Waals surface area contributed by atoms with Crippen LogP contribution >= 0.6 is 11.8 Å². The monoisotopic (exact) mass is 1110 g/mol. The van der Waals surface area contributed by atoms with Crippen molar-refractivity contribution in [3.8, 4) is 11.4 Å². The molecule has 1 aromatic carbocycles. The number of cyclic esters (lactones) is 1. The first kappa shape index (κ1) is 61.5. The zero-order valence-electron chi connectivity index (χ0n) is 44.5. The summed E-state index contributed by atoms with van der Waals surface area (Å²) < 4.78 is 61.9. The molecule has 23 heteroatoms. The van der Waals surface area contributed by atoms with Crippen molar-refractivity contribution in [2.24, 2.45) is 0 Å². The van der Waals surface area contributed by atoms with E-state index in [0.717, 1.165) is 34.4 Å². The van der Waals surface area contributed by atoms with Crippen LogP contribution in [0.25, 0.3) is 22.3 Å². The molecule has 0 spiro atoms. The fourth-order valence-corrected chi connectivity index (χ4v) is 9.20. The number of rotatable bonds is 42. The van der Waals surface area contributed by atoms with Crippen molar-refractivity contribution in [3.05, 3.63) is 93.5 Å². The lowest BCUT2D eigenvalue weighted by molar-refractivity contribution is -0.189. The molecule has 3 aromatic heterocycles. The highest BCUT2D eigenvalue weighted by Crippen LogP contribution is 2.41. The fraction of sp³-hybridized carbons (Fsp3) is 0.564. The molecule has 2 N–H and O–H groups in total. The molecule has 2 amide bonds.